The largest absolute Gasteiger partial charge is 0.314 e. The Hall–Kier alpha value is 0.270. The molecule has 0 spiro atoms. The molecule has 16 heavy (non-hydrogen) atoms. The Morgan fingerprint density at radius 2 is 2.12 bits per heavy atom. The third-order valence-corrected chi connectivity index (χ3v) is 4.66. The molecule has 3 heteroatoms. The Morgan fingerprint density at radius 3 is 2.75 bits per heavy atom. The maximum absolute atomic E-state index is 3.62. The molecule has 0 amide bonds. The minimum atomic E-state index is 0.733. The summed E-state index contributed by atoms with van der Waals surface area (Å²) in [5, 5.41) is 3.62. The van der Waals surface area contributed by atoms with E-state index in [9.17, 15) is 0 Å². The van der Waals surface area contributed by atoms with E-state index < -0.39 is 0 Å². The summed E-state index contributed by atoms with van der Waals surface area (Å²) in [6.07, 6.45) is 4.85. The highest BCUT2D eigenvalue weighted by Crippen LogP contribution is 2.23. The summed E-state index contributed by atoms with van der Waals surface area (Å²) >= 11 is 1.96. The molecular formula is C13H28N2S. The quantitative estimate of drug-likeness (QED) is 0.723. The second-order valence-corrected chi connectivity index (χ2v) is 5.92. The molecule has 1 saturated heterocycles. The molecule has 0 aromatic heterocycles. The lowest BCUT2D eigenvalue weighted by atomic mass is 9.87. The molecule has 0 radical (unpaired) electrons. The summed E-state index contributed by atoms with van der Waals surface area (Å²) in [6.45, 7) is 10.7. The number of hydrogen-bond acceptors (Lipinski definition) is 3. The van der Waals surface area contributed by atoms with Gasteiger partial charge in [0.1, 0.15) is 0 Å². The molecule has 1 rings (SSSR count). The third-order valence-electron chi connectivity index (χ3n) is 3.96. The Balaban J connectivity index is 2.35. The van der Waals surface area contributed by atoms with Gasteiger partial charge in [0, 0.05) is 12.1 Å². The molecule has 0 aliphatic carbocycles. The normalized spacial score (nSPS) is 31.9. The number of piperidine rings is 1. The van der Waals surface area contributed by atoms with Crippen LogP contribution in [0.1, 0.15) is 33.6 Å². The first-order valence-corrected chi connectivity index (χ1v) is 8.06. The summed E-state index contributed by atoms with van der Waals surface area (Å²) < 4.78 is 0. The molecule has 0 aromatic carbocycles. The zero-order chi connectivity index (χ0) is 12.0. The Labute approximate surface area is 106 Å². The highest BCUT2D eigenvalue weighted by atomic mass is 32.2. The van der Waals surface area contributed by atoms with Gasteiger partial charge in [-0.05, 0) is 57.3 Å². The summed E-state index contributed by atoms with van der Waals surface area (Å²) in [6, 6.07) is 1.47. The van der Waals surface area contributed by atoms with Crippen molar-refractivity contribution in [3.8, 4) is 0 Å². The van der Waals surface area contributed by atoms with E-state index in [0.29, 0.717) is 0 Å². The monoisotopic (exact) mass is 244 g/mol. The highest BCUT2D eigenvalue weighted by molar-refractivity contribution is 7.98. The van der Waals surface area contributed by atoms with Crippen molar-refractivity contribution in [3.05, 3.63) is 0 Å². The SMILES string of the molecule is CCNC1CCN(CCCSC)C(C)C1C. The Morgan fingerprint density at radius 1 is 1.38 bits per heavy atom. The second-order valence-electron chi connectivity index (χ2n) is 4.93. The van der Waals surface area contributed by atoms with Crippen LogP contribution < -0.4 is 5.32 Å². The zero-order valence-corrected chi connectivity index (χ0v) is 12.1. The summed E-state index contributed by atoms with van der Waals surface area (Å²) in [7, 11) is 0. The van der Waals surface area contributed by atoms with Crippen molar-refractivity contribution in [2.45, 2.75) is 45.7 Å². The standard InChI is InChI=1S/C13H28N2S/c1-5-14-13-7-9-15(8-6-10-16-4)12(3)11(13)2/h11-14H,5-10H2,1-4H3. The van der Waals surface area contributed by atoms with Crippen LogP contribution in [-0.4, -0.2) is 48.6 Å². The molecule has 3 atom stereocenters. The average Bonchev–Trinajstić information content (AvgIpc) is 2.28. The van der Waals surface area contributed by atoms with Crippen molar-refractivity contribution in [1.29, 1.82) is 0 Å². The minimum absolute atomic E-state index is 0.733. The topological polar surface area (TPSA) is 15.3 Å². The van der Waals surface area contributed by atoms with Gasteiger partial charge < -0.3 is 10.2 Å². The van der Waals surface area contributed by atoms with E-state index in [4.69, 9.17) is 0 Å². The molecule has 1 N–H and O–H groups in total. The second kappa shape index (κ2) is 7.57. The summed E-state index contributed by atoms with van der Waals surface area (Å²) in [5.74, 6) is 2.08. The fraction of sp³-hybridized carbons (Fsp3) is 1.00. The molecular weight excluding hydrogens is 216 g/mol. The lowest BCUT2D eigenvalue weighted by Crippen LogP contribution is -2.53. The number of rotatable bonds is 6. The summed E-state index contributed by atoms with van der Waals surface area (Å²) in [4.78, 5) is 2.68. The molecule has 3 unspecified atom stereocenters. The number of nitrogens with one attached hydrogen (secondary N) is 1. The fourth-order valence-electron chi connectivity index (χ4n) is 2.72. The van der Waals surface area contributed by atoms with Gasteiger partial charge in [-0.1, -0.05) is 13.8 Å². The van der Waals surface area contributed by atoms with Gasteiger partial charge in [-0.15, -0.1) is 0 Å². The van der Waals surface area contributed by atoms with Crippen molar-refractivity contribution in [2.24, 2.45) is 5.92 Å². The average molecular weight is 244 g/mol. The highest BCUT2D eigenvalue weighted by Gasteiger charge is 2.31. The van der Waals surface area contributed by atoms with Gasteiger partial charge in [-0.2, -0.15) is 11.8 Å². The number of nitrogens with zero attached hydrogens (tertiary/aromatic N) is 1. The first kappa shape index (κ1) is 14.3. The molecule has 1 aliphatic rings. The fourth-order valence-corrected chi connectivity index (χ4v) is 3.14. The van der Waals surface area contributed by atoms with E-state index in [-0.39, 0.29) is 0 Å². The molecule has 96 valence electrons. The molecule has 0 aromatic rings. The van der Waals surface area contributed by atoms with Gasteiger partial charge >= 0.3 is 0 Å². The Kier molecular flexibility index (Phi) is 6.78. The van der Waals surface area contributed by atoms with Crippen LogP contribution in [0.3, 0.4) is 0 Å². The van der Waals surface area contributed by atoms with Gasteiger partial charge in [0.2, 0.25) is 0 Å². The van der Waals surface area contributed by atoms with Crippen LogP contribution in [0.15, 0.2) is 0 Å². The molecule has 0 bridgehead atoms. The van der Waals surface area contributed by atoms with Crippen molar-refractivity contribution >= 4 is 11.8 Å². The molecule has 2 nitrogen and oxygen atoms in total. The van der Waals surface area contributed by atoms with Crippen LogP contribution in [0.4, 0.5) is 0 Å². The van der Waals surface area contributed by atoms with E-state index in [0.717, 1.165) is 24.5 Å². The van der Waals surface area contributed by atoms with Gasteiger partial charge in [0.15, 0.2) is 0 Å². The lowest BCUT2D eigenvalue weighted by molar-refractivity contribution is 0.0860. The minimum Gasteiger partial charge on any atom is -0.314 e. The van der Waals surface area contributed by atoms with Crippen molar-refractivity contribution in [3.63, 3.8) is 0 Å². The molecule has 1 heterocycles. The van der Waals surface area contributed by atoms with E-state index in [1.54, 1.807) is 0 Å². The van der Waals surface area contributed by atoms with E-state index >= 15 is 0 Å². The van der Waals surface area contributed by atoms with Crippen molar-refractivity contribution in [1.82, 2.24) is 10.2 Å². The van der Waals surface area contributed by atoms with Crippen molar-refractivity contribution < 1.29 is 0 Å². The summed E-state index contributed by atoms with van der Waals surface area (Å²) in [5.41, 5.74) is 0. The van der Waals surface area contributed by atoms with E-state index in [1.165, 1.54) is 31.7 Å². The predicted octanol–water partition coefficient (Wildman–Crippen LogP) is 2.45. The van der Waals surface area contributed by atoms with E-state index in [1.807, 2.05) is 11.8 Å². The van der Waals surface area contributed by atoms with E-state index in [2.05, 4.69) is 37.2 Å². The zero-order valence-electron chi connectivity index (χ0n) is 11.3. The molecule has 1 fully saturated rings. The number of thioether (sulfide) groups is 1. The van der Waals surface area contributed by atoms with Crippen LogP contribution >= 0.6 is 11.8 Å². The van der Waals surface area contributed by atoms with Gasteiger partial charge in [0.05, 0.1) is 0 Å². The third kappa shape index (κ3) is 3.94. The Bertz CT molecular complexity index is 187. The number of hydrogen-bond donors (Lipinski definition) is 1. The smallest absolute Gasteiger partial charge is 0.0120 e. The van der Waals surface area contributed by atoms with Gasteiger partial charge in [0.25, 0.3) is 0 Å². The predicted molar refractivity (Wildman–Crippen MR) is 75.3 cm³/mol. The maximum Gasteiger partial charge on any atom is 0.0120 e. The van der Waals surface area contributed by atoms with Crippen LogP contribution in [0.25, 0.3) is 0 Å². The molecule has 1 aliphatic heterocycles. The van der Waals surface area contributed by atoms with Gasteiger partial charge in [-0.3, -0.25) is 0 Å². The van der Waals surface area contributed by atoms with Crippen LogP contribution in [0, 0.1) is 5.92 Å². The van der Waals surface area contributed by atoms with Gasteiger partial charge in [-0.25, -0.2) is 0 Å². The number of likely N-dealkylation sites (tertiary alicyclic amines) is 1. The first-order valence-electron chi connectivity index (χ1n) is 6.67. The van der Waals surface area contributed by atoms with Crippen molar-refractivity contribution in [2.75, 3.05) is 31.6 Å². The maximum atomic E-state index is 3.62. The first-order chi connectivity index (χ1) is 7.70. The van der Waals surface area contributed by atoms with Crippen LogP contribution in [-0.2, 0) is 0 Å². The van der Waals surface area contributed by atoms with Crippen LogP contribution in [0.5, 0.6) is 0 Å². The van der Waals surface area contributed by atoms with Crippen LogP contribution in [0.2, 0.25) is 0 Å². The lowest BCUT2D eigenvalue weighted by Gasteiger charge is -2.43. The molecule has 0 saturated carbocycles.